The topological polar surface area (TPSA) is 105 Å². The van der Waals surface area contributed by atoms with Crippen LogP contribution in [0.5, 0.6) is 0 Å². The first-order valence-electron chi connectivity index (χ1n) is 10.3. The van der Waals surface area contributed by atoms with Gasteiger partial charge in [-0.15, -0.1) is 11.3 Å². The van der Waals surface area contributed by atoms with E-state index in [1.54, 1.807) is 27.0 Å². The summed E-state index contributed by atoms with van der Waals surface area (Å²) < 4.78 is 29.2. The number of aryl methyl sites for hydroxylation is 2. The number of aromatic amines is 1. The summed E-state index contributed by atoms with van der Waals surface area (Å²) in [6.45, 7) is 5.08. The molecule has 0 fully saturated rings. The standard InChI is InChI=1S/C22H28N4O3S2/c1-15(27)10-6-4-9-13-19(26-31(28,29)22-16(2)24-17(3)30-22)21-23-14-20(25-21)18-11-7-5-8-12-18/h5,7-8,11-12,14,19,26H,4,6,9-10,13H2,1-3H3,(H,23,25)/t19-/m0/s1. The molecule has 0 aliphatic carbocycles. The summed E-state index contributed by atoms with van der Waals surface area (Å²) in [5.41, 5.74) is 2.32. The van der Waals surface area contributed by atoms with Crippen LogP contribution in [0, 0.1) is 13.8 Å². The predicted octanol–water partition coefficient (Wildman–Crippen LogP) is 4.71. The second-order valence-electron chi connectivity index (χ2n) is 7.63. The number of nitrogens with one attached hydrogen (secondary N) is 2. The lowest BCUT2D eigenvalue weighted by Crippen LogP contribution is -2.29. The third-order valence-corrected chi connectivity index (χ3v) is 8.09. The lowest BCUT2D eigenvalue weighted by molar-refractivity contribution is -0.117. The molecule has 0 saturated carbocycles. The zero-order valence-corrected chi connectivity index (χ0v) is 19.6. The van der Waals surface area contributed by atoms with Crippen molar-refractivity contribution in [1.82, 2.24) is 19.7 Å². The Balaban J connectivity index is 1.80. The fraction of sp³-hybridized carbons (Fsp3) is 0.409. The quantitative estimate of drug-likeness (QED) is 0.403. The second kappa shape index (κ2) is 10.3. The molecule has 7 nitrogen and oxygen atoms in total. The van der Waals surface area contributed by atoms with Crippen molar-refractivity contribution in [3.8, 4) is 11.3 Å². The highest BCUT2D eigenvalue weighted by Gasteiger charge is 2.27. The number of carbonyl (C=O) groups excluding carboxylic acids is 1. The van der Waals surface area contributed by atoms with Gasteiger partial charge in [0, 0.05) is 6.42 Å². The molecular weight excluding hydrogens is 432 g/mol. The Labute approximate surface area is 187 Å². The van der Waals surface area contributed by atoms with Crippen LogP contribution in [0.15, 0.2) is 40.7 Å². The smallest absolute Gasteiger partial charge is 0.252 e. The molecule has 1 aromatic carbocycles. The van der Waals surface area contributed by atoms with Gasteiger partial charge in [0.05, 0.1) is 28.6 Å². The van der Waals surface area contributed by atoms with Crippen LogP contribution in [-0.4, -0.2) is 29.2 Å². The average Bonchev–Trinajstić information content (AvgIpc) is 3.34. The zero-order valence-electron chi connectivity index (χ0n) is 18.0. The summed E-state index contributed by atoms with van der Waals surface area (Å²) in [5.74, 6) is 0.750. The SMILES string of the molecule is CC(=O)CCCCC[C@H](NS(=O)(=O)c1sc(C)nc1C)c1ncc(-c2ccccc2)[nH]1. The van der Waals surface area contributed by atoms with E-state index < -0.39 is 16.1 Å². The number of rotatable bonds is 11. The van der Waals surface area contributed by atoms with Crippen LogP contribution in [0.3, 0.4) is 0 Å². The van der Waals surface area contributed by atoms with Gasteiger partial charge in [0.15, 0.2) is 4.21 Å². The lowest BCUT2D eigenvalue weighted by atomic mass is 10.1. The maximum Gasteiger partial charge on any atom is 0.252 e. The molecule has 2 N–H and O–H groups in total. The summed E-state index contributed by atoms with van der Waals surface area (Å²) >= 11 is 1.17. The van der Waals surface area contributed by atoms with E-state index in [4.69, 9.17) is 0 Å². The Bertz CT molecular complexity index is 1120. The molecule has 3 rings (SSSR count). The van der Waals surface area contributed by atoms with Crippen LogP contribution in [0.4, 0.5) is 0 Å². The van der Waals surface area contributed by atoms with E-state index in [1.807, 2.05) is 30.3 Å². The maximum absolute atomic E-state index is 13.1. The van der Waals surface area contributed by atoms with E-state index in [2.05, 4.69) is 19.7 Å². The molecule has 0 amide bonds. The Hall–Kier alpha value is -2.36. The number of hydrogen-bond donors (Lipinski definition) is 2. The Morgan fingerprint density at radius 2 is 1.90 bits per heavy atom. The van der Waals surface area contributed by atoms with Crippen LogP contribution >= 0.6 is 11.3 Å². The van der Waals surface area contributed by atoms with E-state index >= 15 is 0 Å². The van der Waals surface area contributed by atoms with Crippen LogP contribution in [0.2, 0.25) is 0 Å². The number of ketones is 1. The first kappa shape index (κ1) is 23.3. The number of hydrogen-bond acceptors (Lipinski definition) is 6. The molecule has 2 heterocycles. The van der Waals surface area contributed by atoms with Gasteiger partial charge in [-0.1, -0.05) is 43.2 Å². The highest BCUT2D eigenvalue weighted by molar-refractivity contribution is 7.91. The number of H-pyrrole nitrogens is 1. The Kier molecular flexibility index (Phi) is 7.74. The summed E-state index contributed by atoms with van der Waals surface area (Å²) in [6.07, 6.45) is 5.29. The normalized spacial score (nSPS) is 12.7. The van der Waals surface area contributed by atoms with Gasteiger partial charge in [-0.05, 0) is 39.2 Å². The monoisotopic (exact) mass is 460 g/mol. The molecule has 0 saturated heterocycles. The molecule has 9 heteroatoms. The number of sulfonamides is 1. The number of thiazole rings is 1. The van der Waals surface area contributed by atoms with E-state index in [1.165, 1.54) is 11.3 Å². The maximum atomic E-state index is 13.1. The van der Waals surface area contributed by atoms with Crippen molar-refractivity contribution in [3.63, 3.8) is 0 Å². The van der Waals surface area contributed by atoms with Crippen LogP contribution in [0.1, 0.15) is 61.6 Å². The average molecular weight is 461 g/mol. The molecule has 1 atom stereocenters. The number of benzene rings is 1. The fourth-order valence-corrected chi connectivity index (χ4v) is 6.17. The van der Waals surface area contributed by atoms with Crippen molar-refractivity contribution in [3.05, 3.63) is 53.1 Å². The van der Waals surface area contributed by atoms with Crippen LogP contribution < -0.4 is 4.72 Å². The molecule has 0 spiro atoms. The van der Waals surface area contributed by atoms with E-state index in [9.17, 15) is 13.2 Å². The van der Waals surface area contributed by atoms with Crippen molar-refractivity contribution in [2.24, 2.45) is 0 Å². The van der Waals surface area contributed by atoms with Crippen molar-refractivity contribution in [2.45, 2.75) is 63.1 Å². The van der Waals surface area contributed by atoms with Crippen molar-refractivity contribution >= 4 is 27.1 Å². The fourth-order valence-electron chi connectivity index (χ4n) is 3.43. The Morgan fingerprint density at radius 1 is 1.16 bits per heavy atom. The van der Waals surface area contributed by atoms with Gasteiger partial charge in [-0.25, -0.2) is 18.4 Å². The van der Waals surface area contributed by atoms with Crippen molar-refractivity contribution < 1.29 is 13.2 Å². The largest absolute Gasteiger partial charge is 0.341 e. The summed E-state index contributed by atoms with van der Waals surface area (Å²) in [7, 11) is -3.74. The van der Waals surface area contributed by atoms with Gasteiger partial charge in [-0.3, -0.25) is 0 Å². The number of Topliss-reactive ketones (excluding diaryl/α,β-unsaturated/α-hetero) is 1. The van der Waals surface area contributed by atoms with Gasteiger partial charge >= 0.3 is 0 Å². The predicted molar refractivity (Wildman–Crippen MR) is 122 cm³/mol. The van der Waals surface area contributed by atoms with Crippen molar-refractivity contribution in [2.75, 3.05) is 0 Å². The molecule has 0 aliphatic rings. The molecule has 31 heavy (non-hydrogen) atoms. The third kappa shape index (κ3) is 6.32. The molecule has 0 bridgehead atoms. The number of carbonyl (C=O) groups is 1. The van der Waals surface area contributed by atoms with Crippen LogP contribution in [0.25, 0.3) is 11.3 Å². The van der Waals surface area contributed by atoms with Gasteiger partial charge in [-0.2, -0.15) is 4.72 Å². The third-order valence-electron chi connectivity index (χ3n) is 4.93. The van der Waals surface area contributed by atoms with Gasteiger partial charge in [0.1, 0.15) is 11.6 Å². The summed E-state index contributed by atoms with van der Waals surface area (Å²) in [5, 5.41) is 0.711. The van der Waals surface area contributed by atoms with Gasteiger partial charge in [0.25, 0.3) is 10.0 Å². The molecule has 166 valence electrons. The molecule has 0 aliphatic heterocycles. The highest BCUT2D eigenvalue weighted by atomic mass is 32.2. The molecule has 0 radical (unpaired) electrons. The number of imidazole rings is 1. The van der Waals surface area contributed by atoms with Crippen molar-refractivity contribution in [1.29, 1.82) is 0 Å². The zero-order chi connectivity index (χ0) is 22.4. The first-order chi connectivity index (χ1) is 14.8. The lowest BCUT2D eigenvalue weighted by Gasteiger charge is -2.16. The van der Waals surface area contributed by atoms with E-state index in [0.717, 1.165) is 30.5 Å². The summed E-state index contributed by atoms with van der Waals surface area (Å²) in [6, 6.07) is 9.28. The second-order valence-corrected chi connectivity index (χ2v) is 10.7. The molecule has 2 aromatic heterocycles. The van der Waals surface area contributed by atoms with Gasteiger partial charge < -0.3 is 9.78 Å². The first-order valence-corrected chi connectivity index (χ1v) is 12.6. The van der Waals surface area contributed by atoms with Crippen LogP contribution in [-0.2, 0) is 14.8 Å². The molecule has 3 aromatic rings. The molecular formula is C22H28N4O3S2. The molecule has 0 unspecified atom stereocenters. The summed E-state index contributed by atoms with van der Waals surface area (Å²) in [4.78, 5) is 23.2. The minimum atomic E-state index is -3.74. The minimum absolute atomic E-state index is 0.173. The number of unbranched alkanes of at least 4 members (excludes halogenated alkanes) is 2. The number of aromatic nitrogens is 3. The van der Waals surface area contributed by atoms with E-state index in [0.29, 0.717) is 29.4 Å². The highest BCUT2D eigenvalue weighted by Crippen LogP contribution is 2.27. The minimum Gasteiger partial charge on any atom is -0.341 e. The van der Waals surface area contributed by atoms with E-state index in [-0.39, 0.29) is 9.99 Å². The Morgan fingerprint density at radius 3 is 2.55 bits per heavy atom. The number of nitrogens with zero attached hydrogens (tertiary/aromatic N) is 2. The van der Waals surface area contributed by atoms with Gasteiger partial charge in [0.2, 0.25) is 0 Å².